The summed E-state index contributed by atoms with van der Waals surface area (Å²) >= 11 is 6.30. The molecule has 0 N–H and O–H groups in total. The summed E-state index contributed by atoms with van der Waals surface area (Å²) in [5.41, 5.74) is 7.48. The first kappa shape index (κ1) is 25.7. The van der Waals surface area contributed by atoms with Crippen molar-refractivity contribution in [1.29, 1.82) is 0 Å². The third kappa shape index (κ3) is 4.20. The molecule has 3 aromatic heterocycles. The number of benzene rings is 6. The van der Waals surface area contributed by atoms with Gasteiger partial charge in [0.05, 0.1) is 11.0 Å². The number of fused-ring (bicyclic) bond motifs is 6. The van der Waals surface area contributed by atoms with Crippen LogP contribution in [0.2, 0.25) is 5.02 Å². The van der Waals surface area contributed by atoms with Crippen molar-refractivity contribution >= 4 is 55.3 Å². The van der Waals surface area contributed by atoms with E-state index in [0.717, 1.165) is 55.3 Å². The lowest BCUT2D eigenvalue weighted by atomic mass is 10.1. The second-order valence-corrected chi connectivity index (χ2v) is 11.4. The Morgan fingerprint density at radius 3 is 1.91 bits per heavy atom. The minimum absolute atomic E-state index is 0.573. The molecule has 0 aliphatic rings. The van der Waals surface area contributed by atoms with Crippen LogP contribution in [0.5, 0.6) is 0 Å². The minimum atomic E-state index is 0.573. The molecule has 0 bridgehead atoms. The van der Waals surface area contributed by atoms with Crippen molar-refractivity contribution in [3.05, 3.63) is 145 Å². The average Bonchev–Trinajstić information content (AvgIpc) is 3.64. The Hall–Kier alpha value is -5.78. The van der Waals surface area contributed by atoms with Gasteiger partial charge in [-0.05, 0) is 42.5 Å². The van der Waals surface area contributed by atoms with Crippen molar-refractivity contribution < 1.29 is 4.42 Å². The zero-order valence-corrected chi connectivity index (χ0v) is 24.6. The summed E-state index contributed by atoms with van der Waals surface area (Å²) in [7, 11) is 0. The molecule has 0 saturated heterocycles. The SMILES string of the molecule is Clc1ccc2c(c1)oc1cccc(-c3nc(-c4ccccc4)nc(-c4cccc(-n5c6ccccc6c6ccccc65)c4)n3)c12. The Morgan fingerprint density at radius 2 is 1.13 bits per heavy atom. The largest absolute Gasteiger partial charge is 0.456 e. The molecule has 0 spiro atoms. The molecular formula is C39H23ClN4O. The minimum Gasteiger partial charge on any atom is -0.456 e. The number of furan rings is 1. The van der Waals surface area contributed by atoms with Crippen molar-refractivity contribution in [2.24, 2.45) is 0 Å². The van der Waals surface area contributed by atoms with Crippen LogP contribution in [0.25, 0.3) is 83.6 Å². The summed E-state index contributed by atoms with van der Waals surface area (Å²) in [6.07, 6.45) is 0. The van der Waals surface area contributed by atoms with Crippen LogP contribution in [-0.4, -0.2) is 19.5 Å². The van der Waals surface area contributed by atoms with E-state index in [1.807, 2.05) is 66.7 Å². The van der Waals surface area contributed by atoms with Gasteiger partial charge in [0.25, 0.3) is 0 Å². The highest BCUT2D eigenvalue weighted by Gasteiger charge is 2.19. The fourth-order valence-corrected chi connectivity index (χ4v) is 6.47. The zero-order valence-electron chi connectivity index (χ0n) is 23.9. The number of nitrogens with zero attached hydrogens (tertiary/aromatic N) is 4. The maximum Gasteiger partial charge on any atom is 0.164 e. The topological polar surface area (TPSA) is 56.7 Å². The van der Waals surface area contributed by atoms with Gasteiger partial charge in [0.1, 0.15) is 11.2 Å². The molecule has 0 aliphatic carbocycles. The molecule has 6 aromatic carbocycles. The molecule has 0 saturated carbocycles. The van der Waals surface area contributed by atoms with E-state index in [9.17, 15) is 0 Å². The van der Waals surface area contributed by atoms with Gasteiger partial charge in [0.2, 0.25) is 0 Å². The fourth-order valence-electron chi connectivity index (χ4n) is 6.31. The van der Waals surface area contributed by atoms with E-state index in [4.69, 9.17) is 31.0 Å². The Labute approximate surface area is 263 Å². The Morgan fingerprint density at radius 1 is 0.489 bits per heavy atom. The third-order valence-corrected chi connectivity index (χ3v) is 8.55. The highest BCUT2D eigenvalue weighted by Crippen LogP contribution is 2.38. The van der Waals surface area contributed by atoms with E-state index in [1.165, 1.54) is 10.8 Å². The second kappa shape index (κ2) is 10.2. The van der Waals surface area contributed by atoms with Crippen molar-refractivity contribution in [2.45, 2.75) is 0 Å². The van der Waals surface area contributed by atoms with Crippen LogP contribution in [0.3, 0.4) is 0 Å². The van der Waals surface area contributed by atoms with Gasteiger partial charge in [-0.1, -0.05) is 103 Å². The van der Waals surface area contributed by atoms with Gasteiger partial charge in [-0.15, -0.1) is 0 Å². The molecule has 5 nitrogen and oxygen atoms in total. The Bertz CT molecular complexity index is 2510. The van der Waals surface area contributed by atoms with Crippen molar-refractivity contribution in [3.63, 3.8) is 0 Å². The van der Waals surface area contributed by atoms with Crippen LogP contribution in [0, 0.1) is 0 Å². The van der Waals surface area contributed by atoms with Crippen LogP contribution in [0.4, 0.5) is 0 Å². The predicted molar refractivity (Wildman–Crippen MR) is 183 cm³/mol. The van der Waals surface area contributed by atoms with Gasteiger partial charge in [0.15, 0.2) is 17.5 Å². The molecule has 3 heterocycles. The molecule has 0 unspecified atom stereocenters. The Balaban J connectivity index is 1.28. The molecule has 212 valence electrons. The molecule has 0 fully saturated rings. The van der Waals surface area contributed by atoms with Crippen molar-refractivity contribution in [2.75, 3.05) is 0 Å². The molecular weight excluding hydrogens is 576 g/mol. The fraction of sp³-hybridized carbons (Fsp3) is 0. The smallest absolute Gasteiger partial charge is 0.164 e. The monoisotopic (exact) mass is 598 g/mol. The van der Waals surface area contributed by atoms with E-state index >= 15 is 0 Å². The maximum atomic E-state index is 6.30. The highest BCUT2D eigenvalue weighted by atomic mass is 35.5. The summed E-state index contributed by atoms with van der Waals surface area (Å²) in [6.45, 7) is 0. The summed E-state index contributed by atoms with van der Waals surface area (Å²) in [4.78, 5) is 15.1. The molecule has 9 aromatic rings. The summed E-state index contributed by atoms with van der Waals surface area (Å²) in [6, 6.07) is 47.1. The van der Waals surface area contributed by atoms with Crippen molar-refractivity contribution in [1.82, 2.24) is 19.5 Å². The van der Waals surface area contributed by atoms with Gasteiger partial charge in [0, 0.05) is 55.0 Å². The van der Waals surface area contributed by atoms with Crippen LogP contribution in [0.1, 0.15) is 0 Å². The normalized spacial score (nSPS) is 11.7. The number of rotatable bonds is 4. The molecule has 0 aliphatic heterocycles. The number of halogens is 1. The molecule has 45 heavy (non-hydrogen) atoms. The standard InChI is InChI=1S/C39H23ClN4O/c40-26-20-21-30-35(23-26)45-34-19-9-16-31(36(30)34)39-42-37(24-10-2-1-3-11-24)41-38(43-39)25-12-8-13-27(22-25)44-32-17-6-4-14-28(32)29-15-5-7-18-33(29)44/h1-23H. The predicted octanol–water partition coefficient (Wildman–Crippen LogP) is 10.5. The van der Waals surface area contributed by atoms with Gasteiger partial charge in [-0.3, -0.25) is 0 Å². The number of aromatic nitrogens is 4. The lowest BCUT2D eigenvalue weighted by Gasteiger charge is -2.12. The van der Waals surface area contributed by atoms with Gasteiger partial charge in [-0.25, -0.2) is 15.0 Å². The number of hydrogen-bond acceptors (Lipinski definition) is 4. The van der Waals surface area contributed by atoms with E-state index in [2.05, 4.69) is 77.4 Å². The van der Waals surface area contributed by atoms with Crippen molar-refractivity contribution in [3.8, 4) is 39.9 Å². The van der Waals surface area contributed by atoms with Crippen LogP contribution in [-0.2, 0) is 0 Å². The molecule has 0 radical (unpaired) electrons. The highest BCUT2D eigenvalue weighted by molar-refractivity contribution is 6.31. The third-order valence-electron chi connectivity index (χ3n) is 8.31. The van der Waals surface area contributed by atoms with E-state index in [1.54, 1.807) is 0 Å². The van der Waals surface area contributed by atoms with E-state index < -0.39 is 0 Å². The van der Waals surface area contributed by atoms with Crippen LogP contribution in [0.15, 0.2) is 144 Å². The molecule has 9 rings (SSSR count). The molecule has 0 amide bonds. The van der Waals surface area contributed by atoms with Gasteiger partial charge >= 0.3 is 0 Å². The molecule has 6 heteroatoms. The first-order valence-corrected chi connectivity index (χ1v) is 15.1. The zero-order chi connectivity index (χ0) is 29.9. The Kier molecular flexibility index (Phi) is 5.80. The van der Waals surface area contributed by atoms with Crippen LogP contribution >= 0.6 is 11.6 Å². The molecule has 0 atom stereocenters. The van der Waals surface area contributed by atoms with Gasteiger partial charge in [-0.2, -0.15) is 0 Å². The summed E-state index contributed by atoms with van der Waals surface area (Å²) < 4.78 is 8.50. The first-order valence-electron chi connectivity index (χ1n) is 14.7. The lowest BCUT2D eigenvalue weighted by molar-refractivity contribution is 0.669. The van der Waals surface area contributed by atoms with Gasteiger partial charge < -0.3 is 8.98 Å². The average molecular weight is 599 g/mol. The maximum absolute atomic E-state index is 6.30. The van der Waals surface area contributed by atoms with Crippen LogP contribution < -0.4 is 0 Å². The lowest BCUT2D eigenvalue weighted by Crippen LogP contribution is -2.01. The second-order valence-electron chi connectivity index (χ2n) is 11.0. The summed E-state index contributed by atoms with van der Waals surface area (Å²) in [5.74, 6) is 1.77. The van der Waals surface area contributed by atoms with E-state index in [0.29, 0.717) is 22.5 Å². The number of hydrogen-bond donors (Lipinski definition) is 0. The first-order chi connectivity index (χ1) is 22.2. The van der Waals surface area contributed by atoms with E-state index in [-0.39, 0.29) is 0 Å². The quantitative estimate of drug-likeness (QED) is 0.202. The number of para-hydroxylation sites is 2. The summed E-state index contributed by atoms with van der Waals surface area (Å²) in [5, 5.41) is 4.96.